The molecule has 4 heteroatoms. The average Bonchev–Trinajstić information content (AvgIpc) is 2.46. The Hall–Kier alpha value is -1.55. The third-order valence-electron chi connectivity index (χ3n) is 3.54. The van der Waals surface area contributed by atoms with Gasteiger partial charge in [0.15, 0.2) is 0 Å². The lowest BCUT2D eigenvalue weighted by Gasteiger charge is -2.33. The number of hydrogen-bond acceptors (Lipinski definition) is 3. The van der Waals surface area contributed by atoms with Crippen molar-refractivity contribution in [3.8, 4) is 5.75 Å². The van der Waals surface area contributed by atoms with Crippen molar-refractivity contribution in [1.82, 2.24) is 4.90 Å². The maximum atomic E-state index is 12.2. The molecule has 0 saturated heterocycles. The van der Waals surface area contributed by atoms with Crippen molar-refractivity contribution in [3.63, 3.8) is 0 Å². The van der Waals surface area contributed by atoms with E-state index in [4.69, 9.17) is 9.84 Å². The van der Waals surface area contributed by atoms with Gasteiger partial charge < -0.3 is 14.7 Å². The fraction of sp³-hybridized carbons (Fsp3) is 0.533. The SMILES string of the molecule is O=C(Oc1ccccc1)N(CCO)C1CCCCC1. The zero-order chi connectivity index (χ0) is 13.5. The summed E-state index contributed by atoms with van der Waals surface area (Å²) in [6.45, 7) is 0.316. The second-order valence-electron chi connectivity index (χ2n) is 4.89. The number of carbonyl (C=O) groups excluding carboxylic acids is 1. The van der Waals surface area contributed by atoms with Gasteiger partial charge in [-0.2, -0.15) is 0 Å². The van der Waals surface area contributed by atoms with Crippen LogP contribution in [0.3, 0.4) is 0 Å². The first-order valence-electron chi connectivity index (χ1n) is 6.95. The maximum absolute atomic E-state index is 12.2. The summed E-state index contributed by atoms with van der Waals surface area (Å²) in [5, 5.41) is 9.13. The van der Waals surface area contributed by atoms with E-state index >= 15 is 0 Å². The number of rotatable bonds is 4. The van der Waals surface area contributed by atoms with E-state index in [9.17, 15) is 4.79 Å². The Morgan fingerprint density at radius 3 is 2.53 bits per heavy atom. The molecule has 0 aromatic heterocycles. The number of carbonyl (C=O) groups is 1. The lowest BCUT2D eigenvalue weighted by molar-refractivity contribution is 0.103. The van der Waals surface area contributed by atoms with Gasteiger partial charge in [-0.1, -0.05) is 37.5 Å². The van der Waals surface area contributed by atoms with E-state index in [2.05, 4.69) is 0 Å². The van der Waals surface area contributed by atoms with Crippen LogP contribution < -0.4 is 4.74 Å². The molecule has 1 N–H and O–H groups in total. The number of benzene rings is 1. The highest BCUT2D eigenvalue weighted by atomic mass is 16.6. The van der Waals surface area contributed by atoms with Crippen LogP contribution in [0.15, 0.2) is 30.3 Å². The van der Waals surface area contributed by atoms with Gasteiger partial charge in [0, 0.05) is 12.6 Å². The Bertz CT molecular complexity index is 388. The van der Waals surface area contributed by atoms with Gasteiger partial charge in [0.2, 0.25) is 0 Å². The number of para-hydroxylation sites is 1. The van der Waals surface area contributed by atoms with E-state index in [-0.39, 0.29) is 18.7 Å². The predicted octanol–water partition coefficient (Wildman–Crippen LogP) is 2.81. The van der Waals surface area contributed by atoms with Gasteiger partial charge in [0.05, 0.1) is 6.61 Å². The molecule has 19 heavy (non-hydrogen) atoms. The number of ether oxygens (including phenoxy) is 1. The third kappa shape index (κ3) is 3.96. The molecule has 2 rings (SSSR count). The average molecular weight is 263 g/mol. The minimum atomic E-state index is -0.354. The number of aliphatic hydroxyl groups excluding tert-OH is 1. The largest absolute Gasteiger partial charge is 0.415 e. The van der Waals surface area contributed by atoms with Gasteiger partial charge >= 0.3 is 6.09 Å². The quantitative estimate of drug-likeness (QED) is 0.908. The molecule has 1 saturated carbocycles. The molecule has 0 heterocycles. The lowest BCUT2D eigenvalue weighted by atomic mass is 9.94. The molecule has 1 aliphatic carbocycles. The standard InChI is InChI=1S/C15H21NO3/c17-12-11-16(13-7-3-1-4-8-13)15(18)19-14-9-5-2-6-10-14/h2,5-6,9-10,13,17H,1,3-4,7-8,11-12H2. The van der Waals surface area contributed by atoms with Gasteiger partial charge in [-0.3, -0.25) is 0 Å². The molecule has 0 radical (unpaired) electrons. The lowest BCUT2D eigenvalue weighted by Crippen LogP contribution is -2.44. The summed E-state index contributed by atoms with van der Waals surface area (Å²) >= 11 is 0. The van der Waals surface area contributed by atoms with E-state index in [0.717, 1.165) is 25.7 Å². The normalized spacial score (nSPS) is 16.1. The van der Waals surface area contributed by atoms with Crippen LogP contribution >= 0.6 is 0 Å². The van der Waals surface area contributed by atoms with Gasteiger partial charge in [0.1, 0.15) is 5.75 Å². The molecule has 104 valence electrons. The third-order valence-corrected chi connectivity index (χ3v) is 3.54. The molecule has 1 fully saturated rings. The summed E-state index contributed by atoms with van der Waals surface area (Å²) in [4.78, 5) is 13.9. The maximum Gasteiger partial charge on any atom is 0.415 e. The predicted molar refractivity (Wildman–Crippen MR) is 73.1 cm³/mol. The zero-order valence-corrected chi connectivity index (χ0v) is 11.1. The summed E-state index contributed by atoms with van der Waals surface area (Å²) in [5.74, 6) is 0.547. The fourth-order valence-corrected chi connectivity index (χ4v) is 2.57. The first-order valence-corrected chi connectivity index (χ1v) is 6.95. The van der Waals surface area contributed by atoms with Crippen molar-refractivity contribution in [2.24, 2.45) is 0 Å². The molecule has 1 aromatic rings. The number of amides is 1. The Morgan fingerprint density at radius 1 is 1.21 bits per heavy atom. The smallest absolute Gasteiger partial charge is 0.410 e. The van der Waals surface area contributed by atoms with Crippen molar-refractivity contribution in [2.45, 2.75) is 38.1 Å². The van der Waals surface area contributed by atoms with E-state index in [1.54, 1.807) is 17.0 Å². The second-order valence-corrected chi connectivity index (χ2v) is 4.89. The summed E-state index contributed by atoms with van der Waals surface area (Å²) in [5.41, 5.74) is 0. The van der Waals surface area contributed by atoms with Crippen LogP contribution in [0.4, 0.5) is 4.79 Å². The zero-order valence-electron chi connectivity index (χ0n) is 11.1. The van der Waals surface area contributed by atoms with Crippen LogP contribution in [0.2, 0.25) is 0 Å². The number of hydrogen-bond donors (Lipinski definition) is 1. The van der Waals surface area contributed by atoms with Crippen molar-refractivity contribution in [1.29, 1.82) is 0 Å². The molecule has 1 amide bonds. The molecule has 0 spiro atoms. The van der Waals surface area contributed by atoms with E-state index in [1.165, 1.54) is 6.42 Å². The molecular weight excluding hydrogens is 242 g/mol. The summed E-state index contributed by atoms with van der Waals surface area (Å²) in [6, 6.07) is 9.27. The minimum Gasteiger partial charge on any atom is -0.410 e. The van der Waals surface area contributed by atoms with Crippen LogP contribution in [-0.2, 0) is 0 Å². The molecule has 1 aliphatic rings. The topological polar surface area (TPSA) is 49.8 Å². The van der Waals surface area contributed by atoms with Gasteiger partial charge in [0.25, 0.3) is 0 Å². The van der Waals surface area contributed by atoms with Gasteiger partial charge in [-0.25, -0.2) is 4.79 Å². The molecule has 0 aliphatic heterocycles. The molecular formula is C15H21NO3. The van der Waals surface area contributed by atoms with Crippen LogP contribution in [0.5, 0.6) is 5.75 Å². The Morgan fingerprint density at radius 2 is 1.89 bits per heavy atom. The second kappa shape index (κ2) is 7.14. The number of aliphatic hydroxyl groups is 1. The monoisotopic (exact) mass is 263 g/mol. The van der Waals surface area contributed by atoms with Gasteiger partial charge in [-0.15, -0.1) is 0 Å². The molecule has 0 unspecified atom stereocenters. The number of nitrogens with zero attached hydrogens (tertiary/aromatic N) is 1. The minimum absolute atomic E-state index is 0.0274. The first-order chi connectivity index (χ1) is 9.31. The van der Waals surface area contributed by atoms with Crippen LogP contribution in [-0.4, -0.2) is 35.3 Å². The van der Waals surface area contributed by atoms with Crippen LogP contribution in [0.1, 0.15) is 32.1 Å². The fourth-order valence-electron chi connectivity index (χ4n) is 2.57. The van der Waals surface area contributed by atoms with Crippen LogP contribution in [0.25, 0.3) is 0 Å². The summed E-state index contributed by atoms with van der Waals surface area (Å²) in [7, 11) is 0. The van der Waals surface area contributed by atoms with Crippen molar-refractivity contribution < 1.29 is 14.6 Å². The summed E-state index contributed by atoms with van der Waals surface area (Å²) < 4.78 is 5.36. The van der Waals surface area contributed by atoms with Crippen LogP contribution in [0, 0.1) is 0 Å². The molecule has 1 aromatic carbocycles. The van der Waals surface area contributed by atoms with E-state index in [1.807, 2.05) is 18.2 Å². The van der Waals surface area contributed by atoms with Crippen molar-refractivity contribution in [2.75, 3.05) is 13.2 Å². The van der Waals surface area contributed by atoms with E-state index < -0.39 is 0 Å². The highest BCUT2D eigenvalue weighted by Gasteiger charge is 2.26. The Balaban J connectivity index is 1.99. The highest BCUT2D eigenvalue weighted by Crippen LogP contribution is 2.23. The molecule has 0 atom stereocenters. The molecule has 4 nitrogen and oxygen atoms in total. The van der Waals surface area contributed by atoms with Gasteiger partial charge in [-0.05, 0) is 25.0 Å². The molecule has 0 bridgehead atoms. The Kier molecular flexibility index (Phi) is 5.21. The van der Waals surface area contributed by atoms with E-state index in [0.29, 0.717) is 12.3 Å². The van der Waals surface area contributed by atoms with Crippen molar-refractivity contribution in [3.05, 3.63) is 30.3 Å². The summed E-state index contributed by atoms with van der Waals surface area (Å²) in [6.07, 6.45) is 5.17. The van der Waals surface area contributed by atoms with Crippen molar-refractivity contribution >= 4 is 6.09 Å². The first kappa shape index (κ1) is 13.9. The highest BCUT2D eigenvalue weighted by molar-refractivity contribution is 5.71. The Labute approximate surface area is 114 Å².